The van der Waals surface area contributed by atoms with E-state index in [2.05, 4.69) is 32.7 Å². The Hall–Kier alpha value is -0.340. The summed E-state index contributed by atoms with van der Waals surface area (Å²) in [7, 11) is 0. The maximum Gasteiger partial charge on any atom is 0.0692 e. The number of hydrogen-bond donors (Lipinski definition) is 1. The molecule has 2 nitrogen and oxygen atoms in total. The molecule has 1 heterocycles. The van der Waals surface area contributed by atoms with Crippen molar-refractivity contribution >= 4 is 0 Å². The molecular formula is C15H29NO. The average Bonchev–Trinajstić information content (AvgIpc) is 2.36. The first-order valence-electron chi connectivity index (χ1n) is 7.16. The SMILES string of the molecule is C=CCCC(C)NC1CCOC(CC)(CC)C1. The monoisotopic (exact) mass is 239 g/mol. The molecule has 0 aromatic heterocycles. The Kier molecular flexibility index (Phi) is 6.21. The fourth-order valence-corrected chi connectivity index (χ4v) is 2.77. The predicted octanol–water partition coefficient (Wildman–Crippen LogP) is 3.67. The second kappa shape index (κ2) is 7.17. The van der Waals surface area contributed by atoms with Crippen molar-refractivity contribution in [3.63, 3.8) is 0 Å². The normalized spacial score (nSPS) is 25.5. The Morgan fingerprint density at radius 3 is 2.76 bits per heavy atom. The molecule has 100 valence electrons. The van der Waals surface area contributed by atoms with Gasteiger partial charge in [0, 0.05) is 18.7 Å². The van der Waals surface area contributed by atoms with Gasteiger partial charge in [0.1, 0.15) is 0 Å². The van der Waals surface area contributed by atoms with E-state index in [1.54, 1.807) is 0 Å². The molecule has 17 heavy (non-hydrogen) atoms. The fourth-order valence-electron chi connectivity index (χ4n) is 2.77. The molecule has 1 aliphatic heterocycles. The number of rotatable bonds is 7. The number of allylic oxidation sites excluding steroid dienone is 1. The number of ether oxygens (including phenoxy) is 1. The fraction of sp³-hybridized carbons (Fsp3) is 0.867. The Morgan fingerprint density at radius 1 is 1.47 bits per heavy atom. The summed E-state index contributed by atoms with van der Waals surface area (Å²) in [6.45, 7) is 11.5. The van der Waals surface area contributed by atoms with Gasteiger partial charge in [-0.25, -0.2) is 0 Å². The third kappa shape index (κ3) is 4.44. The molecule has 2 heteroatoms. The molecule has 0 spiro atoms. The van der Waals surface area contributed by atoms with E-state index in [9.17, 15) is 0 Å². The molecule has 0 saturated carbocycles. The van der Waals surface area contributed by atoms with E-state index in [0.717, 1.165) is 32.3 Å². The summed E-state index contributed by atoms with van der Waals surface area (Å²) in [4.78, 5) is 0. The third-order valence-corrected chi connectivity index (χ3v) is 4.11. The number of hydrogen-bond acceptors (Lipinski definition) is 2. The summed E-state index contributed by atoms with van der Waals surface area (Å²) in [6, 6.07) is 1.21. The van der Waals surface area contributed by atoms with Crippen molar-refractivity contribution in [2.75, 3.05) is 6.61 Å². The molecule has 0 aliphatic carbocycles. The van der Waals surface area contributed by atoms with Gasteiger partial charge in [-0.2, -0.15) is 0 Å². The molecule has 2 unspecified atom stereocenters. The molecule has 1 N–H and O–H groups in total. The van der Waals surface area contributed by atoms with Crippen LogP contribution in [0.2, 0.25) is 0 Å². The van der Waals surface area contributed by atoms with Crippen LogP contribution >= 0.6 is 0 Å². The summed E-state index contributed by atoms with van der Waals surface area (Å²) in [5.41, 5.74) is 0.133. The molecule has 0 aromatic rings. The van der Waals surface area contributed by atoms with Crippen LogP contribution in [0.3, 0.4) is 0 Å². The van der Waals surface area contributed by atoms with E-state index in [1.807, 2.05) is 6.08 Å². The van der Waals surface area contributed by atoms with Crippen molar-refractivity contribution in [2.45, 2.75) is 77.0 Å². The van der Waals surface area contributed by atoms with Gasteiger partial charge < -0.3 is 10.1 Å². The molecule has 0 radical (unpaired) electrons. The Bertz CT molecular complexity index is 223. The Labute approximate surface area is 107 Å². The lowest BCUT2D eigenvalue weighted by molar-refractivity contribution is -0.0939. The summed E-state index contributed by atoms with van der Waals surface area (Å²) < 4.78 is 6.00. The lowest BCUT2D eigenvalue weighted by atomic mass is 9.85. The minimum atomic E-state index is 0.133. The summed E-state index contributed by atoms with van der Waals surface area (Å²) in [6.07, 6.45) is 8.87. The van der Waals surface area contributed by atoms with E-state index in [-0.39, 0.29) is 5.60 Å². The van der Waals surface area contributed by atoms with E-state index < -0.39 is 0 Å². The van der Waals surface area contributed by atoms with E-state index >= 15 is 0 Å². The van der Waals surface area contributed by atoms with Crippen LogP contribution in [-0.2, 0) is 4.74 Å². The highest BCUT2D eigenvalue weighted by Crippen LogP contribution is 2.31. The molecular weight excluding hydrogens is 210 g/mol. The van der Waals surface area contributed by atoms with Gasteiger partial charge >= 0.3 is 0 Å². The van der Waals surface area contributed by atoms with Crippen LogP contribution < -0.4 is 5.32 Å². The molecule has 1 fully saturated rings. The second-order valence-electron chi connectivity index (χ2n) is 5.36. The first kappa shape index (κ1) is 14.7. The minimum Gasteiger partial charge on any atom is -0.375 e. The van der Waals surface area contributed by atoms with E-state index in [1.165, 1.54) is 12.8 Å². The Balaban J connectivity index is 2.41. The van der Waals surface area contributed by atoms with Crippen LogP contribution in [0, 0.1) is 0 Å². The average molecular weight is 239 g/mol. The lowest BCUT2D eigenvalue weighted by Gasteiger charge is -2.41. The Morgan fingerprint density at radius 2 is 2.18 bits per heavy atom. The molecule has 2 atom stereocenters. The summed E-state index contributed by atoms with van der Waals surface area (Å²) in [5.74, 6) is 0. The van der Waals surface area contributed by atoms with Crippen molar-refractivity contribution in [2.24, 2.45) is 0 Å². The first-order valence-corrected chi connectivity index (χ1v) is 7.16. The van der Waals surface area contributed by atoms with Gasteiger partial charge in [-0.15, -0.1) is 6.58 Å². The van der Waals surface area contributed by atoms with Crippen molar-refractivity contribution < 1.29 is 4.74 Å². The van der Waals surface area contributed by atoms with Crippen molar-refractivity contribution in [1.82, 2.24) is 5.32 Å². The molecule has 0 aromatic carbocycles. The highest BCUT2D eigenvalue weighted by Gasteiger charge is 2.34. The minimum absolute atomic E-state index is 0.133. The van der Waals surface area contributed by atoms with E-state index in [0.29, 0.717) is 12.1 Å². The van der Waals surface area contributed by atoms with Crippen LogP contribution in [0.25, 0.3) is 0 Å². The van der Waals surface area contributed by atoms with Gasteiger partial charge in [0.25, 0.3) is 0 Å². The predicted molar refractivity (Wildman–Crippen MR) is 74.3 cm³/mol. The van der Waals surface area contributed by atoms with Crippen LogP contribution in [0.5, 0.6) is 0 Å². The van der Waals surface area contributed by atoms with Gasteiger partial charge in [-0.3, -0.25) is 0 Å². The third-order valence-electron chi connectivity index (χ3n) is 4.11. The first-order chi connectivity index (χ1) is 8.15. The second-order valence-corrected chi connectivity index (χ2v) is 5.36. The molecule has 0 amide bonds. The molecule has 0 bridgehead atoms. The zero-order chi connectivity index (χ0) is 12.7. The van der Waals surface area contributed by atoms with Gasteiger partial charge in [-0.05, 0) is 45.4 Å². The molecule has 1 saturated heterocycles. The van der Waals surface area contributed by atoms with Crippen molar-refractivity contribution in [1.29, 1.82) is 0 Å². The van der Waals surface area contributed by atoms with Crippen LogP contribution in [0.4, 0.5) is 0 Å². The van der Waals surface area contributed by atoms with Crippen LogP contribution in [-0.4, -0.2) is 24.3 Å². The smallest absolute Gasteiger partial charge is 0.0692 e. The van der Waals surface area contributed by atoms with Gasteiger partial charge in [0.05, 0.1) is 5.60 Å². The van der Waals surface area contributed by atoms with E-state index in [4.69, 9.17) is 4.74 Å². The van der Waals surface area contributed by atoms with Crippen LogP contribution in [0.15, 0.2) is 12.7 Å². The zero-order valence-corrected chi connectivity index (χ0v) is 11.8. The standard InChI is InChI=1S/C15H29NO/c1-5-8-9-13(4)16-14-10-11-17-15(6-2,7-3)12-14/h5,13-14,16H,1,6-12H2,2-4H3. The summed E-state index contributed by atoms with van der Waals surface area (Å²) >= 11 is 0. The molecule has 1 rings (SSSR count). The highest BCUT2D eigenvalue weighted by atomic mass is 16.5. The van der Waals surface area contributed by atoms with Crippen LogP contribution in [0.1, 0.15) is 59.3 Å². The topological polar surface area (TPSA) is 21.3 Å². The lowest BCUT2D eigenvalue weighted by Crippen LogP contribution is -2.48. The zero-order valence-electron chi connectivity index (χ0n) is 11.8. The maximum atomic E-state index is 6.00. The van der Waals surface area contributed by atoms with Gasteiger partial charge in [0.2, 0.25) is 0 Å². The summed E-state index contributed by atoms with van der Waals surface area (Å²) in [5, 5.41) is 3.75. The largest absolute Gasteiger partial charge is 0.375 e. The van der Waals surface area contributed by atoms with Crippen molar-refractivity contribution in [3.8, 4) is 0 Å². The number of nitrogens with one attached hydrogen (secondary N) is 1. The van der Waals surface area contributed by atoms with Gasteiger partial charge in [-0.1, -0.05) is 19.9 Å². The van der Waals surface area contributed by atoms with Gasteiger partial charge in [0.15, 0.2) is 0 Å². The van der Waals surface area contributed by atoms with Crippen molar-refractivity contribution in [3.05, 3.63) is 12.7 Å². The quantitative estimate of drug-likeness (QED) is 0.684. The maximum absolute atomic E-state index is 6.00. The highest BCUT2D eigenvalue weighted by molar-refractivity contribution is 4.89. The molecule has 1 aliphatic rings.